The molecule has 1 aromatic rings. The summed E-state index contributed by atoms with van der Waals surface area (Å²) in [5, 5.41) is 3.45. The molecule has 1 aromatic carbocycles. The molecule has 2 fully saturated rings. The summed E-state index contributed by atoms with van der Waals surface area (Å²) >= 11 is 5.91. The van der Waals surface area contributed by atoms with Crippen LogP contribution in [-0.2, 0) is 11.2 Å². The lowest BCUT2D eigenvalue weighted by atomic mass is 9.72. The Balaban J connectivity index is 1.68. The van der Waals surface area contributed by atoms with Crippen molar-refractivity contribution in [2.24, 2.45) is 5.41 Å². The van der Waals surface area contributed by atoms with Crippen LogP contribution >= 0.6 is 38.5 Å². The van der Waals surface area contributed by atoms with Gasteiger partial charge in [0, 0.05) is 39.1 Å². The molecule has 2 saturated heterocycles. The lowest BCUT2D eigenvalue weighted by Crippen LogP contribution is -2.63. The zero-order valence-electron chi connectivity index (χ0n) is 13.7. The van der Waals surface area contributed by atoms with Crippen LogP contribution in [0.1, 0.15) is 26.3 Å². The largest absolute Gasteiger partial charge is 0.444 e. The average Bonchev–Trinajstić information content (AvgIpc) is 3.17. The van der Waals surface area contributed by atoms with Gasteiger partial charge in [-0.2, -0.15) is 0 Å². The standard InChI is InChI=1S/C17H22BrIN2O2/c1-16(2,3)23-15(22)21-9-17(10-21,14-8-20-14)7-11-4-5-12(18)6-13(11)19/h4-6,14,20H,7-10H2,1-3H3. The normalized spacial score (nSPS) is 22.5. The van der Waals surface area contributed by atoms with Gasteiger partial charge in [-0.1, -0.05) is 22.0 Å². The summed E-state index contributed by atoms with van der Waals surface area (Å²) in [6.45, 7) is 8.31. The lowest BCUT2D eigenvalue weighted by Gasteiger charge is -2.50. The van der Waals surface area contributed by atoms with Crippen LogP contribution < -0.4 is 5.32 Å². The number of halogens is 2. The number of ether oxygens (including phenoxy) is 1. The van der Waals surface area contributed by atoms with Crippen LogP contribution in [0.5, 0.6) is 0 Å². The topological polar surface area (TPSA) is 51.5 Å². The van der Waals surface area contributed by atoms with Gasteiger partial charge in [0.15, 0.2) is 0 Å². The van der Waals surface area contributed by atoms with E-state index >= 15 is 0 Å². The van der Waals surface area contributed by atoms with Gasteiger partial charge in [-0.05, 0) is 67.5 Å². The zero-order chi connectivity index (χ0) is 16.8. The van der Waals surface area contributed by atoms with E-state index in [0.29, 0.717) is 6.04 Å². The quantitative estimate of drug-likeness (QED) is 0.515. The number of carbonyl (C=O) groups excluding carboxylic acids is 1. The minimum atomic E-state index is -0.436. The van der Waals surface area contributed by atoms with Gasteiger partial charge in [0.25, 0.3) is 0 Å². The number of nitrogens with one attached hydrogen (secondary N) is 1. The molecule has 0 aromatic heterocycles. The van der Waals surface area contributed by atoms with Crippen LogP contribution in [0.4, 0.5) is 4.79 Å². The van der Waals surface area contributed by atoms with E-state index in [2.05, 4.69) is 62.0 Å². The highest BCUT2D eigenvalue weighted by molar-refractivity contribution is 14.1. The number of benzene rings is 1. The third-order valence-electron chi connectivity index (χ3n) is 4.37. The second-order valence-electron chi connectivity index (χ2n) is 7.57. The zero-order valence-corrected chi connectivity index (χ0v) is 17.4. The van der Waals surface area contributed by atoms with Gasteiger partial charge < -0.3 is 15.0 Å². The number of carbonyl (C=O) groups is 1. The van der Waals surface area contributed by atoms with Gasteiger partial charge in [0.1, 0.15) is 5.60 Å². The smallest absolute Gasteiger partial charge is 0.410 e. The third kappa shape index (κ3) is 4.02. The summed E-state index contributed by atoms with van der Waals surface area (Å²) in [7, 11) is 0. The summed E-state index contributed by atoms with van der Waals surface area (Å²) in [6, 6.07) is 6.94. The monoisotopic (exact) mass is 492 g/mol. The maximum Gasteiger partial charge on any atom is 0.410 e. The predicted molar refractivity (Wildman–Crippen MR) is 103 cm³/mol. The summed E-state index contributed by atoms with van der Waals surface area (Å²) < 4.78 is 7.86. The van der Waals surface area contributed by atoms with Crippen LogP contribution in [0.15, 0.2) is 22.7 Å². The van der Waals surface area contributed by atoms with E-state index in [4.69, 9.17) is 4.74 Å². The molecule has 3 rings (SSSR count). The number of likely N-dealkylation sites (tertiary alicyclic amines) is 1. The summed E-state index contributed by atoms with van der Waals surface area (Å²) in [6.07, 6.45) is 0.800. The molecule has 1 N–H and O–H groups in total. The number of amides is 1. The van der Waals surface area contributed by atoms with Crippen molar-refractivity contribution in [2.45, 2.75) is 38.8 Å². The molecule has 0 radical (unpaired) electrons. The number of hydrogen-bond donors (Lipinski definition) is 1. The Morgan fingerprint density at radius 3 is 2.65 bits per heavy atom. The number of hydrogen-bond acceptors (Lipinski definition) is 3. The van der Waals surface area contributed by atoms with Gasteiger partial charge >= 0.3 is 6.09 Å². The van der Waals surface area contributed by atoms with E-state index in [-0.39, 0.29) is 11.5 Å². The first-order chi connectivity index (χ1) is 10.7. The second-order valence-corrected chi connectivity index (χ2v) is 9.65. The summed E-state index contributed by atoms with van der Waals surface area (Å²) in [5.41, 5.74) is 1.06. The van der Waals surface area contributed by atoms with Crippen LogP contribution in [0.3, 0.4) is 0 Å². The molecule has 1 amide bonds. The Labute approximate surface area is 159 Å². The second kappa shape index (κ2) is 6.19. The predicted octanol–water partition coefficient (Wildman–Crippen LogP) is 3.81. The first-order valence-corrected chi connectivity index (χ1v) is 9.71. The fourth-order valence-corrected chi connectivity index (χ4v) is 4.66. The Bertz CT molecular complexity index is 620. The summed E-state index contributed by atoms with van der Waals surface area (Å²) in [4.78, 5) is 14.0. The van der Waals surface area contributed by atoms with Crippen molar-refractivity contribution >= 4 is 44.6 Å². The van der Waals surface area contributed by atoms with Crippen molar-refractivity contribution in [3.8, 4) is 0 Å². The molecule has 0 aliphatic carbocycles. The van der Waals surface area contributed by atoms with E-state index in [0.717, 1.165) is 30.5 Å². The van der Waals surface area contributed by atoms with Crippen LogP contribution in [0.25, 0.3) is 0 Å². The molecule has 1 unspecified atom stereocenters. The SMILES string of the molecule is CC(C)(C)OC(=O)N1CC(Cc2ccc(Br)cc2I)(C2CN2)C1. The van der Waals surface area contributed by atoms with Crippen molar-refractivity contribution in [1.29, 1.82) is 0 Å². The average molecular weight is 493 g/mol. The Hall–Kier alpha value is -0.340. The summed E-state index contributed by atoms with van der Waals surface area (Å²) in [5.74, 6) is 0. The van der Waals surface area contributed by atoms with Gasteiger partial charge in [0.2, 0.25) is 0 Å². The molecule has 2 aliphatic heterocycles. The third-order valence-corrected chi connectivity index (χ3v) is 5.87. The van der Waals surface area contributed by atoms with Crippen molar-refractivity contribution in [3.05, 3.63) is 31.8 Å². The highest BCUT2D eigenvalue weighted by Gasteiger charge is 2.55. The number of nitrogens with zero attached hydrogens (tertiary/aromatic N) is 1. The van der Waals surface area contributed by atoms with Crippen LogP contribution in [-0.4, -0.2) is 42.3 Å². The molecule has 23 heavy (non-hydrogen) atoms. The van der Waals surface area contributed by atoms with Gasteiger partial charge in [0.05, 0.1) is 0 Å². The fourth-order valence-electron chi connectivity index (χ4n) is 3.16. The molecular weight excluding hydrogens is 471 g/mol. The van der Waals surface area contributed by atoms with Gasteiger partial charge in [-0.3, -0.25) is 0 Å². The van der Waals surface area contributed by atoms with Gasteiger partial charge in [-0.15, -0.1) is 0 Å². The minimum absolute atomic E-state index is 0.144. The molecule has 4 nitrogen and oxygen atoms in total. The Morgan fingerprint density at radius 2 is 2.13 bits per heavy atom. The fraction of sp³-hybridized carbons (Fsp3) is 0.588. The molecular formula is C17H22BrIN2O2. The van der Waals surface area contributed by atoms with Crippen molar-refractivity contribution < 1.29 is 9.53 Å². The minimum Gasteiger partial charge on any atom is -0.444 e. The Morgan fingerprint density at radius 1 is 1.48 bits per heavy atom. The van der Waals surface area contributed by atoms with E-state index in [9.17, 15) is 4.79 Å². The van der Waals surface area contributed by atoms with Crippen molar-refractivity contribution in [1.82, 2.24) is 10.2 Å². The molecule has 0 spiro atoms. The molecule has 2 aliphatic rings. The van der Waals surface area contributed by atoms with E-state index in [1.54, 1.807) is 0 Å². The maximum atomic E-state index is 12.2. The van der Waals surface area contributed by atoms with Crippen LogP contribution in [0, 0.1) is 8.99 Å². The molecule has 2 heterocycles. The lowest BCUT2D eigenvalue weighted by molar-refractivity contribution is -0.0347. The maximum absolute atomic E-state index is 12.2. The number of rotatable bonds is 3. The Kier molecular flexibility index (Phi) is 4.70. The highest BCUT2D eigenvalue weighted by atomic mass is 127. The molecule has 0 saturated carbocycles. The van der Waals surface area contributed by atoms with Crippen molar-refractivity contribution in [3.63, 3.8) is 0 Å². The molecule has 0 bridgehead atoms. The first kappa shape index (κ1) is 17.5. The molecule has 6 heteroatoms. The van der Waals surface area contributed by atoms with E-state index in [1.807, 2.05) is 25.7 Å². The van der Waals surface area contributed by atoms with E-state index in [1.165, 1.54) is 9.13 Å². The first-order valence-electron chi connectivity index (χ1n) is 7.84. The van der Waals surface area contributed by atoms with Crippen molar-refractivity contribution in [2.75, 3.05) is 19.6 Å². The van der Waals surface area contributed by atoms with Gasteiger partial charge in [-0.25, -0.2) is 4.79 Å². The van der Waals surface area contributed by atoms with E-state index < -0.39 is 5.60 Å². The van der Waals surface area contributed by atoms with Crippen LogP contribution in [0.2, 0.25) is 0 Å². The highest BCUT2D eigenvalue weighted by Crippen LogP contribution is 2.42. The molecule has 1 atom stereocenters. The molecule has 126 valence electrons.